The van der Waals surface area contributed by atoms with E-state index in [1.165, 1.54) is 10.5 Å². The van der Waals surface area contributed by atoms with Gasteiger partial charge in [-0.2, -0.15) is 5.26 Å². The number of nitrogens with zero attached hydrogens (tertiary/aromatic N) is 4. The Hall–Kier alpha value is -5.38. The van der Waals surface area contributed by atoms with Crippen LogP contribution in [0.4, 0.5) is 5.69 Å². The first-order chi connectivity index (χ1) is 29.2. The second kappa shape index (κ2) is 15.8. The number of ether oxygens (including phenoxy) is 1. The summed E-state index contributed by atoms with van der Waals surface area (Å²) < 4.78 is 12.5. The van der Waals surface area contributed by atoms with Crippen LogP contribution in [0.1, 0.15) is 110 Å². The third-order valence-corrected chi connectivity index (χ3v) is 14.6. The van der Waals surface area contributed by atoms with Crippen molar-refractivity contribution in [1.82, 2.24) is 20.4 Å². The van der Waals surface area contributed by atoms with Gasteiger partial charge in [0, 0.05) is 71.2 Å². The van der Waals surface area contributed by atoms with Crippen LogP contribution >= 0.6 is 11.6 Å². The minimum absolute atomic E-state index is 0.0959. The molecule has 1 aliphatic carbocycles. The minimum Gasteiger partial charge on any atom is -0.489 e. The molecule has 5 aliphatic rings. The number of benzene rings is 3. The fourth-order valence-electron chi connectivity index (χ4n) is 11.2. The zero-order valence-electron chi connectivity index (χ0n) is 35.3. The number of rotatable bonds is 9. The summed E-state index contributed by atoms with van der Waals surface area (Å²) in [5.74, 6) is 0.900. The molecule has 0 bridgehead atoms. The highest BCUT2D eigenvalue weighted by molar-refractivity contribution is 6.31. The zero-order chi connectivity index (χ0) is 42.8. The molecular weight excluding hydrogens is 792 g/mol. The number of furan rings is 1. The first-order valence-corrected chi connectivity index (χ1v) is 22.0. The second-order valence-corrected chi connectivity index (χ2v) is 19.3. The van der Waals surface area contributed by atoms with Crippen molar-refractivity contribution >= 4 is 51.9 Å². The molecule has 4 aromatic rings. The maximum Gasteiger partial charge on any atom is 0.290 e. The number of fused-ring (bicyclic) bond motifs is 3. The summed E-state index contributed by atoms with van der Waals surface area (Å²) >= 11 is 6.26. The van der Waals surface area contributed by atoms with Gasteiger partial charge in [-0.15, -0.1) is 0 Å². The molecule has 4 amide bonds. The van der Waals surface area contributed by atoms with Crippen molar-refractivity contribution < 1.29 is 28.3 Å². The SMILES string of the molecule is CC1(C)C(NC(=O)c2ccc(N3CCC(CN4CCC(c5ccc6c7c(oc6c5)C(=O)N(C5CCC(=O)NC5=O)C7)CC4)CC3)cc2)C(C)(C)C1Oc1ccc(C#N)c(Cl)c1. The average molecular weight is 845 g/mol. The van der Waals surface area contributed by atoms with Gasteiger partial charge >= 0.3 is 0 Å². The highest BCUT2D eigenvalue weighted by atomic mass is 35.5. The third-order valence-electron chi connectivity index (χ3n) is 14.3. The topological polar surface area (TPSA) is 148 Å². The molecule has 2 N–H and O–H groups in total. The summed E-state index contributed by atoms with van der Waals surface area (Å²) in [5.41, 5.74) is 4.30. The molecule has 1 aromatic heterocycles. The van der Waals surface area contributed by atoms with Gasteiger partial charge in [-0.1, -0.05) is 51.4 Å². The summed E-state index contributed by atoms with van der Waals surface area (Å²) in [6, 6.07) is 20.8. The summed E-state index contributed by atoms with van der Waals surface area (Å²) in [4.78, 5) is 57.5. The molecule has 3 aromatic carbocycles. The number of piperidine rings is 3. The quantitative estimate of drug-likeness (QED) is 0.164. The molecule has 4 fully saturated rings. The van der Waals surface area contributed by atoms with Gasteiger partial charge in [0.05, 0.1) is 17.1 Å². The van der Waals surface area contributed by atoms with E-state index in [0.29, 0.717) is 52.5 Å². The van der Waals surface area contributed by atoms with E-state index >= 15 is 0 Å². The summed E-state index contributed by atoms with van der Waals surface area (Å²) in [6.45, 7) is 13.9. The Morgan fingerprint density at radius 2 is 1.66 bits per heavy atom. The molecule has 4 aliphatic heterocycles. The van der Waals surface area contributed by atoms with Crippen LogP contribution in [0.3, 0.4) is 0 Å². The average Bonchev–Trinajstić information content (AvgIpc) is 3.77. The van der Waals surface area contributed by atoms with E-state index < -0.39 is 11.9 Å². The predicted octanol–water partition coefficient (Wildman–Crippen LogP) is 7.43. The number of amides is 4. The number of nitriles is 1. The van der Waals surface area contributed by atoms with Crippen molar-refractivity contribution in [2.45, 2.75) is 96.9 Å². The Balaban J connectivity index is 0.727. The molecule has 0 spiro atoms. The van der Waals surface area contributed by atoms with Gasteiger partial charge in [0.2, 0.25) is 11.8 Å². The van der Waals surface area contributed by atoms with Crippen molar-refractivity contribution in [1.29, 1.82) is 5.26 Å². The lowest BCUT2D eigenvalue weighted by Gasteiger charge is -2.63. The predicted molar refractivity (Wildman–Crippen MR) is 231 cm³/mol. The first kappa shape index (κ1) is 41.0. The maximum atomic E-state index is 13.5. The largest absolute Gasteiger partial charge is 0.489 e. The molecule has 13 heteroatoms. The van der Waals surface area contributed by atoms with Crippen LogP contribution in [0.25, 0.3) is 11.0 Å². The Bertz CT molecular complexity index is 2420. The molecule has 9 rings (SSSR count). The fraction of sp³-hybridized carbons (Fsp3) is 0.479. The molecule has 318 valence electrons. The number of halogens is 1. The number of anilines is 1. The normalized spacial score (nSPS) is 24.3. The first-order valence-electron chi connectivity index (χ1n) is 21.7. The van der Waals surface area contributed by atoms with E-state index in [0.717, 1.165) is 80.6 Å². The van der Waals surface area contributed by atoms with Gasteiger partial charge < -0.3 is 29.2 Å². The molecule has 1 saturated carbocycles. The van der Waals surface area contributed by atoms with Gasteiger partial charge in [0.15, 0.2) is 5.76 Å². The summed E-state index contributed by atoms with van der Waals surface area (Å²) in [6.07, 6.45) is 4.80. The molecule has 1 atom stereocenters. The molecule has 1 unspecified atom stereocenters. The smallest absolute Gasteiger partial charge is 0.290 e. The number of likely N-dealkylation sites (tertiary alicyclic amines) is 1. The van der Waals surface area contributed by atoms with E-state index in [-0.39, 0.29) is 47.1 Å². The Kier molecular flexibility index (Phi) is 10.6. The van der Waals surface area contributed by atoms with E-state index in [4.69, 9.17) is 20.8 Å². The standard InChI is InChI=1S/C48H53ClN6O6/c1-47(2)45(48(3,4)46(47)60-34-11-7-32(25-50)37(49)24-34)52-42(57)30-5-9-33(10-6-30)54-21-15-28(16-22-54)26-53-19-17-29(18-20-53)31-8-12-35-36-27-55(38-13-14-40(56)51-43(38)58)44(59)41(36)61-39(35)23-31/h5-12,23-24,28-29,38,45-46H,13-22,26-27H2,1-4H3,(H,52,57)(H,51,56,58). The maximum absolute atomic E-state index is 13.5. The molecule has 5 heterocycles. The summed E-state index contributed by atoms with van der Waals surface area (Å²) in [5, 5.41) is 16.2. The highest BCUT2D eigenvalue weighted by Crippen LogP contribution is 2.55. The van der Waals surface area contributed by atoms with Crippen LogP contribution in [0.15, 0.2) is 65.1 Å². The van der Waals surface area contributed by atoms with Crippen LogP contribution in [-0.4, -0.2) is 84.3 Å². The lowest BCUT2D eigenvalue weighted by molar-refractivity contribution is -0.164. The Labute approximate surface area is 361 Å². The van der Waals surface area contributed by atoms with Gasteiger partial charge in [-0.05, 0) is 105 Å². The van der Waals surface area contributed by atoms with E-state index in [1.54, 1.807) is 18.2 Å². The molecule has 0 radical (unpaired) electrons. The lowest BCUT2D eigenvalue weighted by atomic mass is 9.49. The van der Waals surface area contributed by atoms with Crippen molar-refractivity contribution in [2.24, 2.45) is 16.7 Å². The number of carbonyl (C=O) groups is 4. The number of imide groups is 1. The van der Waals surface area contributed by atoms with Crippen LogP contribution in [-0.2, 0) is 16.1 Å². The van der Waals surface area contributed by atoms with Crippen molar-refractivity contribution in [3.63, 3.8) is 0 Å². The van der Waals surface area contributed by atoms with Crippen molar-refractivity contribution in [2.75, 3.05) is 37.6 Å². The molecule has 3 saturated heterocycles. The van der Waals surface area contributed by atoms with Gasteiger partial charge in [0.1, 0.15) is 29.5 Å². The van der Waals surface area contributed by atoms with Gasteiger partial charge in [0.25, 0.3) is 11.8 Å². The molecule has 12 nitrogen and oxygen atoms in total. The van der Waals surface area contributed by atoms with Crippen LogP contribution in [0, 0.1) is 28.1 Å². The lowest BCUT2D eigenvalue weighted by Crippen LogP contribution is -2.74. The number of carbonyl (C=O) groups excluding carboxylic acids is 4. The van der Waals surface area contributed by atoms with Crippen LogP contribution in [0.5, 0.6) is 5.75 Å². The molecule has 61 heavy (non-hydrogen) atoms. The highest BCUT2D eigenvalue weighted by Gasteiger charge is 2.64. The van der Waals surface area contributed by atoms with Crippen LogP contribution in [0.2, 0.25) is 5.02 Å². The van der Waals surface area contributed by atoms with Crippen molar-refractivity contribution in [3.8, 4) is 11.8 Å². The second-order valence-electron chi connectivity index (χ2n) is 18.9. The molecular formula is C48H53ClN6O6. The number of nitrogens with one attached hydrogen (secondary N) is 2. The van der Waals surface area contributed by atoms with Gasteiger partial charge in [-0.25, -0.2) is 0 Å². The van der Waals surface area contributed by atoms with E-state index in [1.807, 2.05) is 12.1 Å². The van der Waals surface area contributed by atoms with Crippen molar-refractivity contribution in [3.05, 3.63) is 93.7 Å². The Morgan fingerprint density at radius 1 is 0.934 bits per heavy atom. The number of hydrogen-bond acceptors (Lipinski definition) is 9. The number of hydrogen-bond donors (Lipinski definition) is 2. The zero-order valence-corrected chi connectivity index (χ0v) is 36.0. The van der Waals surface area contributed by atoms with E-state index in [9.17, 15) is 24.4 Å². The van der Waals surface area contributed by atoms with Crippen LogP contribution < -0.4 is 20.3 Å². The van der Waals surface area contributed by atoms with E-state index in [2.05, 4.69) is 84.5 Å². The Morgan fingerprint density at radius 3 is 2.33 bits per heavy atom. The monoisotopic (exact) mass is 844 g/mol. The fourth-order valence-corrected chi connectivity index (χ4v) is 11.4. The van der Waals surface area contributed by atoms with Gasteiger partial charge in [-0.3, -0.25) is 24.5 Å². The minimum atomic E-state index is -0.653. The summed E-state index contributed by atoms with van der Waals surface area (Å²) in [7, 11) is 0. The third kappa shape index (κ3) is 7.54.